The van der Waals surface area contributed by atoms with Crippen molar-refractivity contribution in [2.45, 2.75) is 0 Å². The van der Waals surface area contributed by atoms with E-state index in [0.717, 1.165) is 0 Å². The van der Waals surface area contributed by atoms with Crippen LogP contribution < -0.4 is 15.8 Å². The number of pyridine rings is 1. The molecular formula is C12H10Cl2N6O. The number of hydrogen-bond acceptors (Lipinski definition) is 6. The highest BCUT2D eigenvalue weighted by atomic mass is 35.5. The molecule has 9 heteroatoms. The van der Waals surface area contributed by atoms with Gasteiger partial charge in [0.2, 0.25) is 0 Å². The fourth-order valence-corrected chi connectivity index (χ4v) is 2.39. The number of hydrogen-bond donors (Lipinski definition) is 2. The largest absolute Gasteiger partial charge is 0.450 e. The third kappa shape index (κ3) is 2.30. The van der Waals surface area contributed by atoms with Crippen LogP contribution in [0.25, 0.3) is 5.52 Å². The summed E-state index contributed by atoms with van der Waals surface area (Å²) in [4.78, 5) is 7.96. The molecule has 0 bridgehead atoms. The maximum Gasteiger partial charge on any atom is 0.174 e. The Kier molecular flexibility index (Phi) is 3.44. The van der Waals surface area contributed by atoms with E-state index in [0.29, 0.717) is 32.7 Å². The fourth-order valence-electron chi connectivity index (χ4n) is 1.87. The minimum Gasteiger partial charge on any atom is -0.450 e. The molecule has 3 heterocycles. The lowest BCUT2D eigenvalue weighted by Gasteiger charge is -2.11. The average molecular weight is 325 g/mol. The molecule has 0 saturated carbocycles. The molecule has 0 aliphatic carbocycles. The van der Waals surface area contributed by atoms with Crippen molar-refractivity contribution in [3.8, 4) is 11.5 Å². The van der Waals surface area contributed by atoms with Crippen molar-refractivity contribution in [2.75, 3.05) is 18.1 Å². The Morgan fingerprint density at radius 1 is 1.24 bits per heavy atom. The van der Waals surface area contributed by atoms with E-state index < -0.39 is 0 Å². The summed E-state index contributed by atoms with van der Waals surface area (Å²) in [5.41, 5.74) is 6.82. The Bertz CT molecular complexity index is 819. The third-order valence-electron chi connectivity index (χ3n) is 2.83. The van der Waals surface area contributed by atoms with Gasteiger partial charge in [-0.15, -0.1) is 0 Å². The number of anilines is 2. The Hall–Kier alpha value is -2.25. The van der Waals surface area contributed by atoms with E-state index in [1.165, 1.54) is 29.4 Å². The number of halogens is 2. The van der Waals surface area contributed by atoms with Crippen LogP contribution in [-0.2, 0) is 0 Å². The number of aromatic nitrogens is 4. The molecule has 0 radical (unpaired) electrons. The molecule has 0 saturated heterocycles. The molecule has 3 aromatic rings. The van der Waals surface area contributed by atoms with E-state index in [1.807, 2.05) is 0 Å². The molecule has 0 aromatic carbocycles. The van der Waals surface area contributed by atoms with Gasteiger partial charge >= 0.3 is 0 Å². The zero-order valence-electron chi connectivity index (χ0n) is 10.8. The van der Waals surface area contributed by atoms with E-state index >= 15 is 0 Å². The van der Waals surface area contributed by atoms with Crippen LogP contribution in [0.5, 0.6) is 11.5 Å². The number of fused-ring (bicyclic) bond motifs is 1. The lowest BCUT2D eigenvalue weighted by atomic mass is 10.3. The second-order valence-corrected chi connectivity index (χ2v) is 4.88. The molecule has 0 unspecified atom stereocenters. The summed E-state index contributed by atoms with van der Waals surface area (Å²) >= 11 is 12.4. The molecule has 0 aliphatic heterocycles. The second-order valence-electron chi connectivity index (χ2n) is 4.09. The summed E-state index contributed by atoms with van der Waals surface area (Å²) in [6.45, 7) is 0. The topological polar surface area (TPSA) is 90.4 Å². The normalized spacial score (nSPS) is 10.8. The van der Waals surface area contributed by atoms with E-state index in [1.54, 1.807) is 7.05 Å². The number of nitrogen functional groups attached to an aromatic ring is 1. The minimum atomic E-state index is 0.289. The summed E-state index contributed by atoms with van der Waals surface area (Å²) in [7, 11) is 1.70. The molecule has 3 aromatic heterocycles. The molecule has 0 fully saturated rings. The van der Waals surface area contributed by atoms with Crippen molar-refractivity contribution in [3.05, 3.63) is 35.0 Å². The maximum atomic E-state index is 6.24. The van der Waals surface area contributed by atoms with Crippen LogP contribution in [0.4, 0.5) is 11.5 Å². The van der Waals surface area contributed by atoms with Gasteiger partial charge in [-0.1, -0.05) is 23.2 Å². The van der Waals surface area contributed by atoms with Gasteiger partial charge in [-0.05, 0) is 0 Å². The first-order valence-corrected chi connectivity index (χ1v) is 6.64. The Labute approximate surface area is 129 Å². The predicted molar refractivity (Wildman–Crippen MR) is 81.3 cm³/mol. The second kappa shape index (κ2) is 5.27. The smallest absolute Gasteiger partial charge is 0.174 e. The van der Waals surface area contributed by atoms with E-state index in [-0.39, 0.29) is 5.82 Å². The lowest BCUT2D eigenvalue weighted by molar-refractivity contribution is 0.486. The van der Waals surface area contributed by atoms with Gasteiger partial charge in [0.25, 0.3) is 0 Å². The van der Waals surface area contributed by atoms with Gasteiger partial charge in [0.15, 0.2) is 11.5 Å². The summed E-state index contributed by atoms with van der Waals surface area (Å²) in [6.07, 6.45) is 6.00. The first-order valence-electron chi connectivity index (χ1n) is 5.88. The van der Waals surface area contributed by atoms with Crippen molar-refractivity contribution in [3.63, 3.8) is 0 Å². The van der Waals surface area contributed by atoms with Gasteiger partial charge in [-0.25, -0.2) is 14.5 Å². The Morgan fingerprint density at radius 3 is 2.81 bits per heavy atom. The summed E-state index contributed by atoms with van der Waals surface area (Å²) in [5.74, 6) is 1.08. The van der Waals surface area contributed by atoms with Crippen LogP contribution in [0.15, 0.2) is 24.9 Å². The highest BCUT2D eigenvalue weighted by molar-refractivity contribution is 6.35. The minimum absolute atomic E-state index is 0.289. The number of nitrogens with two attached hydrogens (primary N) is 1. The number of ether oxygens (including phenoxy) is 1. The number of nitrogens with one attached hydrogen (secondary N) is 1. The highest BCUT2D eigenvalue weighted by Gasteiger charge is 2.15. The van der Waals surface area contributed by atoms with E-state index in [9.17, 15) is 0 Å². The average Bonchev–Trinajstić information content (AvgIpc) is 2.87. The zero-order valence-corrected chi connectivity index (χ0v) is 12.4. The van der Waals surface area contributed by atoms with Crippen LogP contribution in [0, 0.1) is 0 Å². The third-order valence-corrected chi connectivity index (χ3v) is 3.49. The molecule has 108 valence electrons. The van der Waals surface area contributed by atoms with Gasteiger partial charge in [-0.2, -0.15) is 5.10 Å². The van der Waals surface area contributed by atoms with Gasteiger partial charge in [0.05, 0.1) is 23.1 Å². The van der Waals surface area contributed by atoms with Gasteiger partial charge in [0.1, 0.15) is 22.7 Å². The van der Waals surface area contributed by atoms with Gasteiger partial charge in [0, 0.05) is 13.2 Å². The lowest BCUT2D eigenvalue weighted by Crippen LogP contribution is -2.00. The van der Waals surface area contributed by atoms with Crippen LogP contribution in [0.2, 0.25) is 10.0 Å². The quantitative estimate of drug-likeness (QED) is 0.769. The van der Waals surface area contributed by atoms with Crippen molar-refractivity contribution >= 4 is 40.2 Å². The SMILES string of the molecule is CNc1c(N)ncc(Oc2cnn3cncc(Cl)c23)c1Cl. The summed E-state index contributed by atoms with van der Waals surface area (Å²) < 4.78 is 7.26. The van der Waals surface area contributed by atoms with Crippen molar-refractivity contribution in [1.29, 1.82) is 0 Å². The van der Waals surface area contributed by atoms with Crippen LogP contribution in [-0.4, -0.2) is 26.6 Å². The monoisotopic (exact) mass is 324 g/mol. The molecular weight excluding hydrogens is 315 g/mol. The van der Waals surface area contributed by atoms with Crippen LogP contribution in [0.1, 0.15) is 0 Å². The highest BCUT2D eigenvalue weighted by Crippen LogP contribution is 2.38. The van der Waals surface area contributed by atoms with E-state index in [4.69, 9.17) is 33.7 Å². The van der Waals surface area contributed by atoms with Gasteiger partial charge in [-0.3, -0.25) is 0 Å². The fraction of sp³-hybridized carbons (Fsp3) is 0.0833. The number of nitrogens with zero attached hydrogens (tertiary/aromatic N) is 4. The maximum absolute atomic E-state index is 6.24. The molecule has 0 spiro atoms. The zero-order chi connectivity index (χ0) is 15.0. The first kappa shape index (κ1) is 13.7. The molecule has 0 amide bonds. The standard InChI is InChI=1S/C12H10Cl2N6O/c1-16-10-9(14)7(3-18-12(10)15)21-8-4-19-20-5-17-2-6(13)11(8)20/h2-5,16H,1H3,(H2,15,18). The molecule has 3 N–H and O–H groups in total. The van der Waals surface area contributed by atoms with Crippen LogP contribution >= 0.6 is 23.2 Å². The van der Waals surface area contributed by atoms with Crippen molar-refractivity contribution < 1.29 is 4.74 Å². The molecule has 7 nitrogen and oxygen atoms in total. The predicted octanol–water partition coefficient (Wildman–Crippen LogP) is 2.85. The molecule has 0 aliphatic rings. The Morgan fingerprint density at radius 2 is 2.05 bits per heavy atom. The molecule has 21 heavy (non-hydrogen) atoms. The Balaban J connectivity index is 2.07. The van der Waals surface area contributed by atoms with Crippen molar-refractivity contribution in [1.82, 2.24) is 19.6 Å². The molecule has 3 rings (SSSR count). The number of rotatable bonds is 3. The van der Waals surface area contributed by atoms with Crippen LogP contribution in [0.3, 0.4) is 0 Å². The van der Waals surface area contributed by atoms with Gasteiger partial charge < -0.3 is 15.8 Å². The summed E-state index contributed by atoms with van der Waals surface area (Å²) in [5, 5.41) is 7.73. The first-order chi connectivity index (χ1) is 10.1. The van der Waals surface area contributed by atoms with E-state index in [2.05, 4.69) is 20.4 Å². The summed E-state index contributed by atoms with van der Waals surface area (Å²) in [6, 6.07) is 0. The molecule has 0 atom stereocenters. The van der Waals surface area contributed by atoms with Crippen molar-refractivity contribution in [2.24, 2.45) is 0 Å².